The van der Waals surface area contributed by atoms with Crippen LogP contribution in [-0.4, -0.2) is 11.6 Å². The third-order valence-corrected chi connectivity index (χ3v) is 3.01. The lowest BCUT2D eigenvalue weighted by atomic mass is 9.92. The highest BCUT2D eigenvalue weighted by atomic mass is 35.5. The Morgan fingerprint density at radius 3 is 1.75 bits per heavy atom. The van der Waals surface area contributed by atoms with Crippen molar-refractivity contribution in [3.63, 3.8) is 0 Å². The molecule has 16 heavy (non-hydrogen) atoms. The summed E-state index contributed by atoms with van der Waals surface area (Å²) in [5.41, 5.74) is -0.425. The van der Waals surface area contributed by atoms with Gasteiger partial charge in [0.15, 0.2) is 5.92 Å². The molecule has 0 unspecified atom stereocenters. The van der Waals surface area contributed by atoms with Gasteiger partial charge in [-0.05, 0) is 0 Å². The summed E-state index contributed by atoms with van der Waals surface area (Å²) < 4.78 is 0. The first-order valence-electron chi connectivity index (χ1n) is 3.79. The number of nitrogens with zero attached hydrogens (tertiary/aromatic N) is 2. The molecule has 0 aliphatic heterocycles. The number of allylic oxidation sites excluding steroid dienone is 4. The van der Waals surface area contributed by atoms with Crippen molar-refractivity contribution in [3.8, 4) is 12.1 Å². The Hall–Kier alpha value is -1.33. The number of carbonyl (C=O) groups excluding carboxylic acids is 2. The van der Waals surface area contributed by atoms with Gasteiger partial charge in [0.05, 0.1) is 22.7 Å². The van der Waals surface area contributed by atoms with E-state index >= 15 is 0 Å². The Labute approximate surface area is 105 Å². The van der Waals surface area contributed by atoms with E-state index in [0.29, 0.717) is 0 Å². The predicted molar refractivity (Wildman–Crippen MR) is 56.3 cm³/mol. The molecule has 0 aromatic carbocycles. The highest BCUT2D eigenvalue weighted by molar-refractivity contribution is 6.64. The van der Waals surface area contributed by atoms with Crippen LogP contribution in [0, 0.1) is 28.6 Å². The van der Waals surface area contributed by atoms with Crippen LogP contribution >= 0.6 is 34.8 Å². The normalized spacial score (nSPS) is 16.6. The van der Waals surface area contributed by atoms with Gasteiger partial charge in [-0.15, -0.1) is 0 Å². The van der Waals surface area contributed by atoms with E-state index < -0.39 is 38.2 Å². The first-order valence-corrected chi connectivity index (χ1v) is 4.92. The molecule has 0 aromatic heterocycles. The minimum Gasteiger partial charge on any atom is -0.288 e. The van der Waals surface area contributed by atoms with Crippen LogP contribution in [-0.2, 0) is 9.59 Å². The number of hydrogen-bond donors (Lipinski definition) is 0. The summed E-state index contributed by atoms with van der Waals surface area (Å²) in [6.45, 7) is 0. The second-order valence-electron chi connectivity index (χ2n) is 2.71. The summed E-state index contributed by atoms with van der Waals surface area (Å²) in [5, 5.41) is 15.7. The van der Waals surface area contributed by atoms with Gasteiger partial charge in [-0.2, -0.15) is 10.5 Å². The summed E-state index contributed by atoms with van der Waals surface area (Å²) in [4.78, 5) is 23.0. The molecule has 1 rings (SSSR count). The van der Waals surface area contributed by atoms with Crippen molar-refractivity contribution in [2.45, 2.75) is 0 Å². The van der Waals surface area contributed by atoms with E-state index in [0.717, 1.165) is 0 Å². The van der Waals surface area contributed by atoms with Crippen LogP contribution in [0.2, 0.25) is 0 Å². The molecular weight excluding hydrogens is 274 g/mol. The van der Waals surface area contributed by atoms with Gasteiger partial charge in [-0.3, -0.25) is 9.59 Å². The van der Waals surface area contributed by atoms with Crippen molar-refractivity contribution < 1.29 is 9.59 Å². The zero-order valence-electron chi connectivity index (χ0n) is 7.42. The molecule has 0 saturated carbocycles. The number of hydrogen-bond acceptors (Lipinski definition) is 4. The fourth-order valence-corrected chi connectivity index (χ4v) is 1.76. The van der Waals surface area contributed by atoms with E-state index in [1.54, 1.807) is 0 Å². The fraction of sp³-hybridized carbons (Fsp3) is 0.111. The molecule has 0 radical (unpaired) electrons. The van der Waals surface area contributed by atoms with Crippen molar-refractivity contribution in [1.29, 1.82) is 10.5 Å². The SMILES string of the molecule is N#CC(C#N)C1=C(Cl)C(=O)C(Cl)=C(Cl)C1=O. The minimum absolute atomic E-state index is 0.425. The van der Waals surface area contributed by atoms with Gasteiger partial charge in [0, 0.05) is 0 Å². The molecule has 1 aliphatic carbocycles. The van der Waals surface area contributed by atoms with Gasteiger partial charge in [0.25, 0.3) is 0 Å². The van der Waals surface area contributed by atoms with E-state index in [9.17, 15) is 9.59 Å². The summed E-state index contributed by atoms with van der Waals surface area (Å²) >= 11 is 16.5. The van der Waals surface area contributed by atoms with Crippen molar-refractivity contribution >= 4 is 46.4 Å². The van der Waals surface area contributed by atoms with Gasteiger partial charge in [0.2, 0.25) is 11.6 Å². The number of Topliss-reactive ketones (excluding diaryl/α,β-unsaturated/α-hetero) is 2. The lowest BCUT2D eigenvalue weighted by molar-refractivity contribution is -0.115. The number of carbonyl (C=O) groups is 2. The zero-order valence-corrected chi connectivity index (χ0v) is 9.69. The van der Waals surface area contributed by atoms with E-state index in [-0.39, 0.29) is 0 Å². The van der Waals surface area contributed by atoms with Crippen LogP contribution in [0.1, 0.15) is 0 Å². The van der Waals surface area contributed by atoms with Gasteiger partial charge in [0.1, 0.15) is 10.1 Å². The molecule has 0 saturated heterocycles. The average molecular weight is 275 g/mol. The first-order chi connectivity index (χ1) is 7.45. The van der Waals surface area contributed by atoms with E-state index in [4.69, 9.17) is 45.3 Å². The summed E-state index contributed by atoms with van der Waals surface area (Å²) in [7, 11) is 0. The van der Waals surface area contributed by atoms with Gasteiger partial charge >= 0.3 is 0 Å². The molecular formula is C9HCl3N2O2. The Balaban J connectivity index is 3.43. The number of ketones is 2. The van der Waals surface area contributed by atoms with Crippen LogP contribution in [0.25, 0.3) is 0 Å². The van der Waals surface area contributed by atoms with Crippen molar-refractivity contribution in [2.24, 2.45) is 5.92 Å². The average Bonchev–Trinajstić information content (AvgIpc) is 2.29. The third kappa shape index (κ3) is 1.83. The smallest absolute Gasteiger partial charge is 0.217 e. The highest BCUT2D eigenvalue weighted by Gasteiger charge is 2.36. The standard InChI is InChI=1S/C9HCl3N2O2/c10-5-4(3(1-13)2-14)8(15)6(11)7(12)9(5)16/h3H. The summed E-state index contributed by atoms with van der Waals surface area (Å²) in [6.07, 6.45) is 0. The second kappa shape index (κ2) is 4.67. The van der Waals surface area contributed by atoms with Crippen molar-refractivity contribution in [1.82, 2.24) is 0 Å². The lowest BCUT2D eigenvalue weighted by Gasteiger charge is -2.14. The van der Waals surface area contributed by atoms with Crippen LogP contribution in [0.3, 0.4) is 0 Å². The zero-order chi connectivity index (χ0) is 12.5. The second-order valence-corrected chi connectivity index (χ2v) is 3.84. The monoisotopic (exact) mass is 274 g/mol. The highest BCUT2D eigenvalue weighted by Crippen LogP contribution is 2.34. The van der Waals surface area contributed by atoms with E-state index in [1.165, 1.54) is 12.1 Å². The van der Waals surface area contributed by atoms with Crippen molar-refractivity contribution in [3.05, 3.63) is 20.7 Å². The molecule has 0 fully saturated rings. The van der Waals surface area contributed by atoms with Crippen LogP contribution < -0.4 is 0 Å². The molecule has 0 spiro atoms. The van der Waals surface area contributed by atoms with Crippen LogP contribution in [0.4, 0.5) is 0 Å². The Morgan fingerprint density at radius 1 is 0.875 bits per heavy atom. The number of halogens is 3. The molecule has 80 valence electrons. The topological polar surface area (TPSA) is 81.7 Å². The third-order valence-electron chi connectivity index (χ3n) is 1.82. The Kier molecular flexibility index (Phi) is 3.72. The fourth-order valence-electron chi connectivity index (χ4n) is 1.05. The molecule has 1 aliphatic rings. The van der Waals surface area contributed by atoms with E-state index in [1.807, 2.05) is 0 Å². The lowest BCUT2D eigenvalue weighted by Crippen LogP contribution is -2.22. The first kappa shape index (κ1) is 12.7. The maximum Gasteiger partial charge on any atom is 0.217 e. The maximum atomic E-state index is 11.6. The molecule has 0 atom stereocenters. The molecule has 0 heterocycles. The molecule has 7 heteroatoms. The molecule has 0 bridgehead atoms. The number of nitriles is 2. The Morgan fingerprint density at radius 2 is 1.31 bits per heavy atom. The van der Waals surface area contributed by atoms with Gasteiger partial charge in [-0.1, -0.05) is 34.8 Å². The molecule has 0 aromatic rings. The minimum atomic E-state index is -1.44. The van der Waals surface area contributed by atoms with Gasteiger partial charge in [-0.25, -0.2) is 0 Å². The van der Waals surface area contributed by atoms with Gasteiger partial charge < -0.3 is 0 Å². The van der Waals surface area contributed by atoms with E-state index in [2.05, 4.69) is 0 Å². The quantitative estimate of drug-likeness (QED) is 0.685. The summed E-state index contributed by atoms with van der Waals surface area (Å²) in [5.74, 6) is -3.18. The molecule has 4 nitrogen and oxygen atoms in total. The molecule has 0 amide bonds. The maximum absolute atomic E-state index is 11.6. The largest absolute Gasteiger partial charge is 0.288 e. The van der Waals surface area contributed by atoms with Crippen LogP contribution in [0.15, 0.2) is 20.7 Å². The number of rotatable bonds is 1. The Bertz CT molecular complexity index is 520. The molecule has 0 N–H and O–H groups in total. The van der Waals surface area contributed by atoms with Crippen molar-refractivity contribution in [2.75, 3.05) is 0 Å². The van der Waals surface area contributed by atoms with Crippen LogP contribution in [0.5, 0.6) is 0 Å². The summed E-state index contributed by atoms with van der Waals surface area (Å²) in [6, 6.07) is 3.07. The predicted octanol–water partition coefficient (Wildman–Crippen LogP) is 1.98.